The summed E-state index contributed by atoms with van der Waals surface area (Å²) in [5.41, 5.74) is 1.72. The first-order valence-corrected chi connectivity index (χ1v) is 10.6. The van der Waals surface area contributed by atoms with E-state index < -0.39 is 5.82 Å². The molecule has 9 heteroatoms. The lowest BCUT2D eigenvalue weighted by Crippen LogP contribution is -2.14. The van der Waals surface area contributed by atoms with Crippen molar-refractivity contribution in [3.05, 3.63) is 72.3 Å². The second-order valence-electron chi connectivity index (χ2n) is 6.93. The molecule has 160 valence electrons. The van der Waals surface area contributed by atoms with Gasteiger partial charge in [-0.25, -0.2) is 18.7 Å². The first-order valence-electron chi connectivity index (χ1n) is 9.61. The van der Waals surface area contributed by atoms with Crippen LogP contribution in [-0.4, -0.2) is 28.4 Å². The number of hydrogen-bond acceptors (Lipinski definition) is 6. The SMILES string of the molecule is O=C(CSc1nc(-c2ccc(F)cc2)nc2ccc(F)cc12)Nc1ccc2c(c1)OCO2. The summed E-state index contributed by atoms with van der Waals surface area (Å²) < 4.78 is 37.7. The molecule has 2 heterocycles. The number of carbonyl (C=O) groups excluding carboxylic acids is 1. The Labute approximate surface area is 185 Å². The first kappa shape index (κ1) is 20.2. The second-order valence-corrected chi connectivity index (χ2v) is 7.89. The van der Waals surface area contributed by atoms with E-state index >= 15 is 0 Å². The maximum atomic E-state index is 13.9. The van der Waals surface area contributed by atoms with Crippen LogP contribution in [0.4, 0.5) is 14.5 Å². The van der Waals surface area contributed by atoms with Gasteiger partial charge in [-0.15, -0.1) is 0 Å². The zero-order valence-electron chi connectivity index (χ0n) is 16.5. The van der Waals surface area contributed by atoms with Crippen LogP contribution in [0.1, 0.15) is 0 Å². The molecule has 1 N–H and O–H groups in total. The van der Waals surface area contributed by atoms with Crippen LogP contribution in [0.5, 0.6) is 11.5 Å². The number of nitrogens with one attached hydrogen (secondary N) is 1. The molecule has 0 saturated heterocycles. The van der Waals surface area contributed by atoms with E-state index in [4.69, 9.17) is 9.47 Å². The lowest BCUT2D eigenvalue weighted by atomic mass is 10.2. The number of ether oxygens (including phenoxy) is 2. The fourth-order valence-corrected chi connectivity index (χ4v) is 4.03. The number of anilines is 1. The number of amides is 1. The predicted molar refractivity (Wildman–Crippen MR) is 117 cm³/mol. The average Bonchev–Trinajstić information content (AvgIpc) is 3.26. The molecule has 0 saturated carbocycles. The van der Waals surface area contributed by atoms with Crippen molar-refractivity contribution in [2.24, 2.45) is 0 Å². The van der Waals surface area contributed by atoms with Gasteiger partial charge in [-0.1, -0.05) is 11.8 Å². The number of nitrogens with zero attached hydrogens (tertiary/aromatic N) is 2. The van der Waals surface area contributed by atoms with Gasteiger partial charge in [-0.2, -0.15) is 0 Å². The third-order valence-corrected chi connectivity index (χ3v) is 5.71. The minimum atomic E-state index is -0.428. The molecule has 6 nitrogen and oxygen atoms in total. The van der Waals surface area contributed by atoms with Crippen molar-refractivity contribution >= 4 is 34.3 Å². The van der Waals surface area contributed by atoms with Crippen LogP contribution < -0.4 is 14.8 Å². The summed E-state index contributed by atoms with van der Waals surface area (Å²) in [4.78, 5) is 21.5. The van der Waals surface area contributed by atoms with E-state index in [1.807, 2.05) is 0 Å². The van der Waals surface area contributed by atoms with E-state index in [0.29, 0.717) is 44.5 Å². The molecule has 0 unspecified atom stereocenters. The summed E-state index contributed by atoms with van der Waals surface area (Å²) >= 11 is 1.16. The molecule has 5 rings (SSSR count). The fraction of sp³-hybridized carbons (Fsp3) is 0.0870. The number of thioether (sulfide) groups is 1. The molecule has 3 aromatic carbocycles. The highest BCUT2D eigenvalue weighted by Gasteiger charge is 2.16. The van der Waals surface area contributed by atoms with Gasteiger partial charge in [0.15, 0.2) is 17.3 Å². The zero-order valence-corrected chi connectivity index (χ0v) is 17.3. The highest BCUT2D eigenvalue weighted by molar-refractivity contribution is 8.00. The van der Waals surface area contributed by atoms with Crippen molar-refractivity contribution in [2.75, 3.05) is 17.9 Å². The van der Waals surface area contributed by atoms with Gasteiger partial charge in [0.25, 0.3) is 0 Å². The Morgan fingerprint density at radius 2 is 1.72 bits per heavy atom. The molecule has 0 radical (unpaired) electrons. The number of fused-ring (bicyclic) bond motifs is 2. The van der Waals surface area contributed by atoms with Gasteiger partial charge < -0.3 is 14.8 Å². The number of halogens is 2. The molecular weight excluding hydrogens is 436 g/mol. The van der Waals surface area contributed by atoms with Crippen LogP contribution in [0.15, 0.2) is 65.7 Å². The highest BCUT2D eigenvalue weighted by atomic mass is 32.2. The van der Waals surface area contributed by atoms with Gasteiger partial charge in [0.2, 0.25) is 12.7 Å². The van der Waals surface area contributed by atoms with E-state index in [9.17, 15) is 13.6 Å². The predicted octanol–water partition coefficient (Wildman–Crippen LogP) is 5.03. The lowest BCUT2D eigenvalue weighted by molar-refractivity contribution is -0.113. The number of hydrogen-bond donors (Lipinski definition) is 1. The molecule has 0 atom stereocenters. The standard InChI is InChI=1S/C23H15F2N3O3S/c24-14-3-1-13(2-4-14)22-27-18-7-5-15(25)9-17(18)23(28-22)32-11-21(29)26-16-6-8-19-20(10-16)31-12-30-19/h1-10H,11-12H2,(H,26,29). The van der Waals surface area contributed by atoms with Crippen molar-refractivity contribution in [1.29, 1.82) is 0 Å². The van der Waals surface area contributed by atoms with E-state index in [-0.39, 0.29) is 24.3 Å². The Kier molecular flexibility index (Phi) is 5.32. The summed E-state index contributed by atoms with van der Waals surface area (Å²) in [6, 6.07) is 15.1. The third kappa shape index (κ3) is 4.19. The van der Waals surface area contributed by atoms with E-state index in [0.717, 1.165) is 11.8 Å². The molecule has 1 aromatic heterocycles. The molecular formula is C23H15F2N3O3S. The monoisotopic (exact) mass is 451 g/mol. The zero-order chi connectivity index (χ0) is 22.1. The Balaban J connectivity index is 1.39. The molecule has 4 aromatic rings. The molecule has 1 aliphatic heterocycles. The second kappa shape index (κ2) is 8.43. The van der Waals surface area contributed by atoms with Crippen LogP contribution in [0, 0.1) is 11.6 Å². The maximum absolute atomic E-state index is 13.9. The first-order chi connectivity index (χ1) is 15.5. The van der Waals surface area contributed by atoms with E-state index in [2.05, 4.69) is 15.3 Å². The molecule has 1 amide bonds. The molecule has 0 bridgehead atoms. The van der Waals surface area contributed by atoms with Crippen LogP contribution >= 0.6 is 11.8 Å². The largest absolute Gasteiger partial charge is 0.454 e. The van der Waals surface area contributed by atoms with Crippen LogP contribution in [0.2, 0.25) is 0 Å². The summed E-state index contributed by atoms with van der Waals surface area (Å²) in [6.07, 6.45) is 0. The third-order valence-electron chi connectivity index (χ3n) is 4.72. The minimum absolute atomic E-state index is 0.0416. The van der Waals surface area contributed by atoms with Crippen LogP contribution in [0.3, 0.4) is 0 Å². The summed E-state index contributed by atoms with van der Waals surface area (Å²) in [5, 5.41) is 3.75. The van der Waals surface area contributed by atoms with Gasteiger partial charge in [0.1, 0.15) is 16.7 Å². The summed E-state index contributed by atoms with van der Waals surface area (Å²) in [5.74, 6) is 0.536. The molecule has 1 aliphatic rings. The smallest absolute Gasteiger partial charge is 0.234 e. The molecule has 0 fully saturated rings. The Morgan fingerprint density at radius 1 is 0.938 bits per heavy atom. The van der Waals surface area contributed by atoms with Gasteiger partial charge in [0, 0.05) is 22.7 Å². The Morgan fingerprint density at radius 3 is 2.56 bits per heavy atom. The molecule has 0 spiro atoms. The number of benzene rings is 3. The number of rotatable bonds is 5. The number of carbonyl (C=O) groups is 1. The molecule has 0 aliphatic carbocycles. The van der Waals surface area contributed by atoms with Gasteiger partial charge in [-0.05, 0) is 54.6 Å². The van der Waals surface area contributed by atoms with Crippen molar-refractivity contribution in [3.63, 3.8) is 0 Å². The van der Waals surface area contributed by atoms with Gasteiger partial charge in [-0.3, -0.25) is 4.79 Å². The van der Waals surface area contributed by atoms with Crippen molar-refractivity contribution in [2.45, 2.75) is 5.03 Å². The van der Waals surface area contributed by atoms with E-state index in [1.165, 1.54) is 24.3 Å². The Hall–Kier alpha value is -3.72. The van der Waals surface area contributed by atoms with Gasteiger partial charge in [0.05, 0.1) is 11.3 Å². The van der Waals surface area contributed by atoms with Gasteiger partial charge >= 0.3 is 0 Å². The minimum Gasteiger partial charge on any atom is -0.454 e. The quantitative estimate of drug-likeness (QED) is 0.339. The van der Waals surface area contributed by atoms with Crippen molar-refractivity contribution in [3.8, 4) is 22.9 Å². The normalized spacial score (nSPS) is 12.2. The van der Waals surface area contributed by atoms with Crippen LogP contribution in [0.25, 0.3) is 22.3 Å². The molecule has 32 heavy (non-hydrogen) atoms. The topological polar surface area (TPSA) is 73.3 Å². The highest BCUT2D eigenvalue weighted by Crippen LogP contribution is 2.34. The fourth-order valence-electron chi connectivity index (χ4n) is 3.22. The van der Waals surface area contributed by atoms with Crippen molar-refractivity contribution in [1.82, 2.24) is 9.97 Å². The number of aromatic nitrogens is 2. The summed E-state index contributed by atoms with van der Waals surface area (Å²) in [7, 11) is 0. The Bertz CT molecular complexity index is 1330. The lowest BCUT2D eigenvalue weighted by Gasteiger charge is -2.10. The maximum Gasteiger partial charge on any atom is 0.234 e. The van der Waals surface area contributed by atoms with E-state index in [1.54, 1.807) is 36.4 Å². The van der Waals surface area contributed by atoms with Crippen LogP contribution in [-0.2, 0) is 4.79 Å². The summed E-state index contributed by atoms with van der Waals surface area (Å²) in [6.45, 7) is 0.149. The average molecular weight is 451 g/mol. The van der Waals surface area contributed by atoms with Crippen molar-refractivity contribution < 1.29 is 23.0 Å².